The van der Waals surface area contributed by atoms with Crippen LogP contribution in [0.2, 0.25) is 0 Å². The number of nitrogens with one attached hydrogen (secondary N) is 4. The first kappa shape index (κ1) is 22.6. The number of benzene rings is 1. The number of hydrazone groups is 1. The van der Waals surface area contributed by atoms with Crippen molar-refractivity contribution < 1.29 is 9.13 Å². The third kappa shape index (κ3) is 4.45. The van der Waals surface area contributed by atoms with Crippen molar-refractivity contribution in [1.82, 2.24) is 25.9 Å². The number of hydrazine groups is 2. The van der Waals surface area contributed by atoms with Gasteiger partial charge in [-0.1, -0.05) is 0 Å². The largest absolute Gasteiger partial charge is 0.497 e. The monoisotopic (exact) mass is 469 g/mol. The van der Waals surface area contributed by atoms with E-state index in [1.165, 1.54) is 19.0 Å². The van der Waals surface area contributed by atoms with E-state index in [1.807, 2.05) is 25.1 Å². The Hall–Kier alpha value is -3.18. The quantitative estimate of drug-likeness (QED) is 0.507. The van der Waals surface area contributed by atoms with Crippen LogP contribution in [0.1, 0.15) is 46.5 Å². The summed E-state index contributed by atoms with van der Waals surface area (Å²) in [6.45, 7) is 7.58. The molecule has 182 valence electrons. The fourth-order valence-electron chi connectivity index (χ4n) is 5.41. The lowest BCUT2D eigenvalue weighted by atomic mass is 9.84. The number of nitrogens with zero attached hydrogens (tertiary/aromatic N) is 5. The molecule has 34 heavy (non-hydrogen) atoms. The van der Waals surface area contributed by atoms with Gasteiger partial charge in [0.05, 0.1) is 19.0 Å². The lowest BCUT2D eigenvalue weighted by molar-refractivity contribution is 0.0500. The minimum absolute atomic E-state index is 0.0819. The molecule has 3 aliphatic rings. The molecule has 10 nitrogen and oxygen atoms in total. The Balaban J connectivity index is 1.35. The van der Waals surface area contributed by atoms with Crippen molar-refractivity contribution >= 4 is 29.0 Å². The molecule has 5 rings (SSSR count). The van der Waals surface area contributed by atoms with E-state index in [2.05, 4.69) is 55.5 Å². The van der Waals surface area contributed by atoms with Gasteiger partial charge in [-0.3, -0.25) is 4.90 Å². The molecule has 11 heteroatoms. The average molecular weight is 470 g/mol. The summed E-state index contributed by atoms with van der Waals surface area (Å²) < 4.78 is 20.1. The number of hydrogen-bond acceptors (Lipinski definition) is 10. The molecule has 3 aliphatic heterocycles. The molecule has 0 saturated carbocycles. The molecular formula is C23H32FN9O. The lowest BCUT2D eigenvalue weighted by Crippen LogP contribution is -2.55. The minimum Gasteiger partial charge on any atom is -0.497 e. The summed E-state index contributed by atoms with van der Waals surface area (Å²) >= 11 is 0. The highest BCUT2D eigenvalue weighted by Crippen LogP contribution is 2.38. The summed E-state index contributed by atoms with van der Waals surface area (Å²) in [4.78, 5) is 11.2. The summed E-state index contributed by atoms with van der Waals surface area (Å²) in [5.74, 6) is 1.47. The van der Waals surface area contributed by atoms with Crippen LogP contribution in [0.5, 0.6) is 5.75 Å². The third-order valence-corrected chi connectivity index (χ3v) is 6.89. The van der Waals surface area contributed by atoms with E-state index in [1.54, 1.807) is 12.1 Å². The van der Waals surface area contributed by atoms with E-state index >= 15 is 0 Å². The summed E-state index contributed by atoms with van der Waals surface area (Å²) in [6, 6.07) is 6.31. The molecule has 0 amide bonds. The van der Waals surface area contributed by atoms with Crippen LogP contribution in [-0.4, -0.2) is 52.0 Å². The lowest BCUT2D eigenvalue weighted by Gasteiger charge is -2.47. The van der Waals surface area contributed by atoms with Crippen molar-refractivity contribution in [2.24, 2.45) is 5.10 Å². The van der Waals surface area contributed by atoms with Crippen molar-refractivity contribution in [2.75, 3.05) is 29.3 Å². The van der Waals surface area contributed by atoms with Crippen LogP contribution in [0.3, 0.4) is 0 Å². The molecule has 2 atom stereocenters. The van der Waals surface area contributed by atoms with E-state index in [4.69, 9.17) is 4.74 Å². The zero-order chi connectivity index (χ0) is 23.9. The van der Waals surface area contributed by atoms with Crippen molar-refractivity contribution in [2.45, 2.75) is 64.1 Å². The van der Waals surface area contributed by atoms with Crippen LogP contribution in [0, 0.1) is 5.82 Å². The number of halogens is 1. The zero-order valence-corrected chi connectivity index (χ0v) is 20.0. The predicted molar refractivity (Wildman–Crippen MR) is 131 cm³/mol. The van der Waals surface area contributed by atoms with Crippen LogP contribution in [0.25, 0.3) is 0 Å². The van der Waals surface area contributed by atoms with Gasteiger partial charge in [0, 0.05) is 35.4 Å². The van der Waals surface area contributed by atoms with Gasteiger partial charge in [0.25, 0.3) is 0 Å². The van der Waals surface area contributed by atoms with Gasteiger partial charge in [-0.15, -0.1) is 10.6 Å². The van der Waals surface area contributed by atoms with E-state index in [0.29, 0.717) is 23.4 Å². The van der Waals surface area contributed by atoms with Crippen LogP contribution in [0.4, 0.5) is 27.5 Å². The highest BCUT2D eigenvalue weighted by molar-refractivity contribution is 5.96. The van der Waals surface area contributed by atoms with Gasteiger partial charge in [-0.05, 0) is 59.1 Å². The van der Waals surface area contributed by atoms with Crippen molar-refractivity contribution in [3.05, 3.63) is 30.2 Å². The fraction of sp³-hybridized carbons (Fsp3) is 0.522. The molecular weight excluding hydrogens is 437 g/mol. The number of amidine groups is 1. The molecule has 0 bridgehead atoms. The Morgan fingerprint density at radius 3 is 2.88 bits per heavy atom. The second-order valence-corrected chi connectivity index (χ2v) is 9.74. The van der Waals surface area contributed by atoms with Crippen molar-refractivity contribution in [1.29, 1.82) is 0 Å². The molecule has 1 aromatic carbocycles. The third-order valence-electron chi connectivity index (χ3n) is 6.89. The highest BCUT2D eigenvalue weighted by atomic mass is 19.1. The SMILES string of the molecule is COc1cc(Nc2ncc(F)c(NC3CC4CCCN4C(C)(C)C3)n2)cc(N2NNN=C2C)c1. The summed E-state index contributed by atoms with van der Waals surface area (Å²) in [5, 5.41) is 12.4. The van der Waals surface area contributed by atoms with E-state index in [9.17, 15) is 4.39 Å². The summed E-state index contributed by atoms with van der Waals surface area (Å²) in [6.07, 6.45) is 5.56. The average Bonchev–Trinajstić information content (AvgIpc) is 3.45. The maximum atomic E-state index is 14.7. The molecule has 4 N–H and O–H groups in total. The molecule has 0 radical (unpaired) electrons. The van der Waals surface area contributed by atoms with Crippen molar-refractivity contribution in [3.63, 3.8) is 0 Å². The van der Waals surface area contributed by atoms with Crippen molar-refractivity contribution in [3.8, 4) is 5.75 Å². The normalized spacial score (nSPS) is 23.8. The molecule has 2 saturated heterocycles. The first-order valence-corrected chi connectivity index (χ1v) is 11.7. The van der Waals surface area contributed by atoms with E-state index in [-0.39, 0.29) is 17.4 Å². The number of anilines is 4. The Bertz CT molecular complexity index is 1090. The van der Waals surface area contributed by atoms with Gasteiger partial charge in [0.1, 0.15) is 11.6 Å². The molecule has 0 spiro atoms. The molecule has 1 aromatic heterocycles. The van der Waals surface area contributed by atoms with Gasteiger partial charge >= 0.3 is 0 Å². The van der Waals surface area contributed by atoms with Crippen LogP contribution >= 0.6 is 0 Å². The number of rotatable bonds is 6. The number of aromatic nitrogens is 2. The second kappa shape index (κ2) is 8.88. The summed E-state index contributed by atoms with van der Waals surface area (Å²) in [5.41, 5.74) is 7.27. The number of hydrogen-bond donors (Lipinski definition) is 4. The smallest absolute Gasteiger partial charge is 0.229 e. The van der Waals surface area contributed by atoms with E-state index < -0.39 is 5.82 Å². The standard InChI is InChI=1S/C23H32FN9O/c1-14-29-30-31-33(14)18-8-15(10-19(11-18)34-4)27-22-25-13-20(24)21(28-22)26-16-9-17-6-5-7-32(17)23(2,3)12-16/h8,10-11,13,16-17,30-31H,5-7,9,12H2,1-4H3,(H2,25,26,27,28). The highest BCUT2D eigenvalue weighted by Gasteiger charge is 2.43. The zero-order valence-electron chi connectivity index (χ0n) is 20.0. The van der Waals surface area contributed by atoms with Crippen LogP contribution < -0.4 is 31.4 Å². The van der Waals surface area contributed by atoms with Crippen LogP contribution in [-0.2, 0) is 0 Å². The van der Waals surface area contributed by atoms with Gasteiger partial charge in [-0.25, -0.2) is 19.9 Å². The molecule has 2 fully saturated rings. The predicted octanol–water partition coefficient (Wildman–Crippen LogP) is 3.35. The fourth-order valence-corrected chi connectivity index (χ4v) is 5.41. The number of methoxy groups -OCH3 is 1. The topological polar surface area (TPSA) is 102 Å². The molecule has 2 aromatic rings. The molecule has 0 aliphatic carbocycles. The first-order chi connectivity index (χ1) is 16.3. The number of piperidine rings is 1. The van der Waals surface area contributed by atoms with Gasteiger partial charge < -0.3 is 15.4 Å². The second-order valence-electron chi connectivity index (χ2n) is 9.74. The Morgan fingerprint density at radius 1 is 1.26 bits per heavy atom. The Kier molecular flexibility index (Phi) is 5.90. The van der Waals surface area contributed by atoms with Gasteiger partial charge in [0.15, 0.2) is 11.6 Å². The number of ether oxygens (including phenoxy) is 1. The number of fused-ring (bicyclic) bond motifs is 1. The molecule has 2 unspecified atom stereocenters. The van der Waals surface area contributed by atoms with E-state index in [0.717, 1.165) is 30.9 Å². The van der Waals surface area contributed by atoms with Gasteiger partial charge in [0.2, 0.25) is 5.95 Å². The van der Waals surface area contributed by atoms with Crippen LogP contribution in [0.15, 0.2) is 29.5 Å². The van der Waals surface area contributed by atoms with Gasteiger partial charge in [-0.2, -0.15) is 4.98 Å². The molecule has 4 heterocycles. The minimum atomic E-state index is -0.456. The first-order valence-electron chi connectivity index (χ1n) is 11.7. The maximum Gasteiger partial charge on any atom is 0.229 e. The Labute approximate surface area is 198 Å². The maximum absolute atomic E-state index is 14.7. The summed E-state index contributed by atoms with van der Waals surface area (Å²) in [7, 11) is 1.60. The Morgan fingerprint density at radius 2 is 2.12 bits per heavy atom.